The Bertz CT molecular complexity index is 862. The maximum absolute atomic E-state index is 14.1. The lowest BCUT2D eigenvalue weighted by molar-refractivity contribution is -0.384. The van der Waals surface area contributed by atoms with Crippen LogP contribution >= 0.6 is 11.6 Å². The third kappa shape index (κ3) is 4.77. The van der Waals surface area contributed by atoms with Crippen LogP contribution < -0.4 is 14.2 Å². The molecule has 0 aliphatic heterocycles. The third-order valence-electron chi connectivity index (χ3n) is 3.66. The Balaban J connectivity index is 2.42. The molecule has 0 amide bonds. The molecule has 0 saturated heterocycles. The molecule has 2 aromatic rings. The van der Waals surface area contributed by atoms with Gasteiger partial charge in [0.15, 0.2) is 23.1 Å². The molecule has 0 fully saturated rings. The number of ether oxygens (including phenoxy) is 3. The maximum atomic E-state index is 14.1. The van der Waals surface area contributed by atoms with Gasteiger partial charge in [-0.15, -0.1) is 0 Å². The summed E-state index contributed by atoms with van der Waals surface area (Å²) in [7, 11) is 1.25. The first-order valence-electron chi connectivity index (χ1n) is 7.82. The van der Waals surface area contributed by atoms with Gasteiger partial charge in [-0.2, -0.15) is 0 Å². The first kappa shape index (κ1) is 21.6. The molecule has 0 saturated carbocycles. The summed E-state index contributed by atoms with van der Waals surface area (Å²) in [6.07, 6.45) is -1.06. The SMILES string of the molecule is COc1ccc(F)c(F)c1COc1cc([N+](=O)[O-])c(Cl)cc1OC(CO)CO. The first-order valence-corrected chi connectivity index (χ1v) is 8.20. The van der Waals surface area contributed by atoms with E-state index in [-0.39, 0.29) is 27.8 Å². The van der Waals surface area contributed by atoms with Crippen LogP contribution in [-0.2, 0) is 6.61 Å². The van der Waals surface area contributed by atoms with Crippen LogP contribution in [0, 0.1) is 21.7 Å². The van der Waals surface area contributed by atoms with Crippen LogP contribution in [0.25, 0.3) is 0 Å². The fourth-order valence-electron chi connectivity index (χ4n) is 2.23. The minimum Gasteiger partial charge on any atom is -0.496 e. The van der Waals surface area contributed by atoms with Gasteiger partial charge in [-0.05, 0) is 12.1 Å². The van der Waals surface area contributed by atoms with Gasteiger partial charge in [-0.3, -0.25) is 10.1 Å². The summed E-state index contributed by atoms with van der Waals surface area (Å²) in [5.74, 6) is -2.69. The van der Waals surface area contributed by atoms with Gasteiger partial charge in [0, 0.05) is 6.07 Å². The zero-order valence-electron chi connectivity index (χ0n) is 14.5. The topological polar surface area (TPSA) is 111 Å². The van der Waals surface area contributed by atoms with Crippen LogP contribution in [0.4, 0.5) is 14.5 Å². The average Bonchev–Trinajstić information content (AvgIpc) is 2.67. The maximum Gasteiger partial charge on any atom is 0.291 e. The van der Waals surface area contributed by atoms with Crippen LogP contribution in [0.15, 0.2) is 24.3 Å². The van der Waals surface area contributed by atoms with Crippen LogP contribution in [-0.4, -0.2) is 41.6 Å². The molecule has 152 valence electrons. The van der Waals surface area contributed by atoms with Crippen molar-refractivity contribution in [1.29, 1.82) is 0 Å². The van der Waals surface area contributed by atoms with E-state index in [0.29, 0.717) is 0 Å². The Morgan fingerprint density at radius 2 is 1.86 bits per heavy atom. The number of nitrogens with zero attached hydrogens (tertiary/aromatic N) is 1. The number of nitro benzene ring substituents is 1. The summed E-state index contributed by atoms with van der Waals surface area (Å²) in [4.78, 5) is 10.3. The van der Waals surface area contributed by atoms with E-state index >= 15 is 0 Å². The van der Waals surface area contributed by atoms with Crippen LogP contribution in [0.5, 0.6) is 17.2 Å². The van der Waals surface area contributed by atoms with Crippen molar-refractivity contribution in [1.82, 2.24) is 0 Å². The number of benzene rings is 2. The standard InChI is InChI=1S/C17H16ClF2NO7/c1-26-14-3-2-12(19)17(20)10(14)8-27-15-5-13(21(24)25)11(18)4-16(15)28-9(6-22)7-23/h2-5,9,22-23H,6-8H2,1H3. The lowest BCUT2D eigenvalue weighted by Gasteiger charge is -2.18. The predicted molar refractivity (Wildman–Crippen MR) is 93.9 cm³/mol. The molecule has 2 aromatic carbocycles. The summed E-state index contributed by atoms with van der Waals surface area (Å²) in [6.45, 7) is -1.67. The van der Waals surface area contributed by atoms with E-state index in [1.54, 1.807) is 0 Å². The van der Waals surface area contributed by atoms with Crippen molar-refractivity contribution in [3.05, 3.63) is 56.6 Å². The number of hydrogen-bond donors (Lipinski definition) is 2. The van der Waals surface area contributed by atoms with Gasteiger partial charge in [0.1, 0.15) is 23.5 Å². The summed E-state index contributed by atoms with van der Waals surface area (Å²) < 4.78 is 43.3. The van der Waals surface area contributed by atoms with E-state index in [9.17, 15) is 18.9 Å². The highest BCUT2D eigenvalue weighted by Gasteiger charge is 2.22. The highest BCUT2D eigenvalue weighted by molar-refractivity contribution is 6.32. The van der Waals surface area contributed by atoms with Gasteiger partial charge in [0.25, 0.3) is 5.69 Å². The van der Waals surface area contributed by atoms with E-state index in [0.717, 1.165) is 18.2 Å². The zero-order valence-corrected chi connectivity index (χ0v) is 15.3. The summed E-state index contributed by atoms with van der Waals surface area (Å²) >= 11 is 5.85. The Morgan fingerprint density at radius 1 is 1.18 bits per heavy atom. The summed E-state index contributed by atoms with van der Waals surface area (Å²) in [5, 5.41) is 29.1. The molecule has 0 spiro atoms. The van der Waals surface area contributed by atoms with Gasteiger partial charge < -0.3 is 24.4 Å². The molecule has 8 nitrogen and oxygen atoms in total. The van der Waals surface area contributed by atoms with Gasteiger partial charge in [-0.25, -0.2) is 8.78 Å². The molecule has 0 radical (unpaired) electrons. The normalized spacial score (nSPS) is 10.8. The first-order chi connectivity index (χ1) is 13.3. The monoisotopic (exact) mass is 419 g/mol. The molecular weight excluding hydrogens is 404 g/mol. The smallest absolute Gasteiger partial charge is 0.291 e. The number of methoxy groups -OCH3 is 1. The van der Waals surface area contributed by atoms with Crippen molar-refractivity contribution < 1.29 is 38.1 Å². The van der Waals surface area contributed by atoms with Gasteiger partial charge >= 0.3 is 0 Å². The van der Waals surface area contributed by atoms with E-state index in [4.69, 9.17) is 36.0 Å². The quantitative estimate of drug-likeness (QED) is 0.475. The lowest BCUT2D eigenvalue weighted by Crippen LogP contribution is -2.25. The summed E-state index contributed by atoms with van der Waals surface area (Å²) in [6, 6.07) is 4.08. The Morgan fingerprint density at radius 3 is 2.43 bits per heavy atom. The third-order valence-corrected chi connectivity index (χ3v) is 3.96. The number of nitro groups is 1. The van der Waals surface area contributed by atoms with Crippen molar-refractivity contribution in [3.8, 4) is 17.2 Å². The van der Waals surface area contributed by atoms with E-state index in [1.807, 2.05) is 0 Å². The molecule has 2 rings (SSSR count). The Kier molecular flexibility index (Phi) is 7.32. The van der Waals surface area contributed by atoms with Crippen molar-refractivity contribution in [2.24, 2.45) is 0 Å². The highest BCUT2D eigenvalue weighted by Crippen LogP contribution is 2.39. The van der Waals surface area contributed by atoms with Crippen molar-refractivity contribution in [3.63, 3.8) is 0 Å². The second kappa shape index (κ2) is 9.49. The number of hydrogen-bond acceptors (Lipinski definition) is 7. The van der Waals surface area contributed by atoms with Crippen molar-refractivity contribution in [2.75, 3.05) is 20.3 Å². The van der Waals surface area contributed by atoms with E-state index < -0.39 is 48.2 Å². The predicted octanol–water partition coefficient (Wildman–Crippen LogP) is 2.85. The number of rotatable bonds is 9. The molecule has 0 aromatic heterocycles. The molecule has 0 heterocycles. The van der Waals surface area contributed by atoms with Gasteiger partial charge in [0.2, 0.25) is 0 Å². The molecule has 0 aliphatic rings. The largest absolute Gasteiger partial charge is 0.496 e. The highest BCUT2D eigenvalue weighted by atomic mass is 35.5. The second-order valence-electron chi connectivity index (χ2n) is 5.44. The fourth-order valence-corrected chi connectivity index (χ4v) is 2.45. The zero-order chi connectivity index (χ0) is 20.8. The molecule has 11 heteroatoms. The van der Waals surface area contributed by atoms with Crippen molar-refractivity contribution in [2.45, 2.75) is 12.7 Å². The lowest BCUT2D eigenvalue weighted by atomic mass is 10.2. The van der Waals surface area contributed by atoms with E-state index in [1.165, 1.54) is 13.2 Å². The molecule has 0 aliphatic carbocycles. The molecule has 0 atom stereocenters. The van der Waals surface area contributed by atoms with Crippen LogP contribution in [0.3, 0.4) is 0 Å². The summed E-state index contributed by atoms with van der Waals surface area (Å²) in [5.41, 5.74) is -0.771. The molecular formula is C17H16ClF2NO7. The molecule has 28 heavy (non-hydrogen) atoms. The molecule has 0 unspecified atom stereocenters. The van der Waals surface area contributed by atoms with Gasteiger partial charge in [0.05, 0.1) is 36.9 Å². The van der Waals surface area contributed by atoms with Crippen molar-refractivity contribution >= 4 is 17.3 Å². The number of aliphatic hydroxyl groups is 2. The van der Waals surface area contributed by atoms with Gasteiger partial charge in [-0.1, -0.05) is 11.6 Å². The molecule has 2 N–H and O–H groups in total. The average molecular weight is 420 g/mol. The minimum absolute atomic E-state index is 0.00780. The van der Waals surface area contributed by atoms with Crippen LogP contribution in [0.1, 0.15) is 5.56 Å². The minimum atomic E-state index is -1.20. The van der Waals surface area contributed by atoms with Crippen LogP contribution in [0.2, 0.25) is 5.02 Å². The second-order valence-corrected chi connectivity index (χ2v) is 5.85. The number of halogens is 3. The number of aliphatic hydroxyl groups excluding tert-OH is 2. The fraction of sp³-hybridized carbons (Fsp3) is 0.294. The Hall–Kier alpha value is -2.69. The Labute approximate surface area is 163 Å². The van der Waals surface area contributed by atoms with E-state index in [2.05, 4.69) is 0 Å². The molecule has 0 bridgehead atoms.